The van der Waals surface area contributed by atoms with Crippen LogP contribution < -0.4 is 5.32 Å². The van der Waals surface area contributed by atoms with Crippen molar-refractivity contribution < 1.29 is 23.1 Å². The fourth-order valence-electron chi connectivity index (χ4n) is 1.14. The van der Waals surface area contributed by atoms with Crippen molar-refractivity contribution in [2.24, 2.45) is 0 Å². The molecule has 1 aromatic carbocycles. The van der Waals surface area contributed by atoms with Crippen molar-refractivity contribution in [1.82, 2.24) is 5.32 Å². The van der Waals surface area contributed by atoms with Crippen molar-refractivity contribution in [2.45, 2.75) is 12.7 Å². The predicted molar refractivity (Wildman–Crippen MR) is 54.0 cm³/mol. The molecule has 3 nitrogen and oxygen atoms in total. The highest BCUT2D eigenvalue weighted by Gasteiger charge is 2.33. The molecule has 0 atom stereocenters. The number of amides is 1. The normalized spacial score (nSPS) is 11.2. The van der Waals surface area contributed by atoms with Gasteiger partial charge in [0.2, 0.25) is 0 Å². The van der Waals surface area contributed by atoms with Gasteiger partial charge in [0.05, 0.1) is 5.56 Å². The number of hydrogen-bond donors (Lipinski definition) is 2. The van der Waals surface area contributed by atoms with Crippen molar-refractivity contribution in [2.75, 3.05) is 0 Å². The molecule has 0 fully saturated rings. The van der Waals surface area contributed by atoms with Gasteiger partial charge in [0.15, 0.2) is 0 Å². The Morgan fingerprint density at radius 1 is 1.44 bits per heavy atom. The van der Waals surface area contributed by atoms with Crippen LogP contribution in [0.5, 0.6) is 0 Å². The largest absolute Gasteiger partial charge is 0.465 e. The molecule has 88 valence electrons. The van der Waals surface area contributed by atoms with Gasteiger partial charge in [-0.2, -0.15) is 13.2 Å². The molecular weight excluding hydrogens is 291 g/mol. The fourth-order valence-corrected chi connectivity index (χ4v) is 1.50. The maximum Gasteiger partial charge on any atom is 0.416 e. The molecule has 7 heteroatoms. The second-order valence-corrected chi connectivity index (χ2v) is 3.87. The van der Waals surface area contributed by atoms with E-state index < -0.39 is 17.8 Å². The Morgan fingerprint density at radius 2 is 2.06 bits per heavy atom. The summed E-state index contributed by atoms with van der Waals surface area (Å²) in [6, 6.07) is 3.57. The lowest BCUT2D eigenvalue weighted by molar-refractivity contribution is -0.138. The zero-order valence-electron chi connectivity index (χ0n) is 7.81. The van der Waals surface area contributed by atoms with Crippen LogP contribution in [0.3, 0.4) is 0 Å². The first-order valence-electron chi connectivity index (χ1n) is 4.13. The number of halogens is 4. The summed E-state index contributed by atoms with van der Waals surface area (Å²) in [5.74, 6) is 0. The molecule has 2 N–H and O–H groups in total. The molecule has 16 heavy (non-hydrogen) atoms. The van der Waals surface area contributed by atoms with Crippen LogP contribution in [0, 0.1) is 0 Å². The minimum atomic E-state index is -4.50. The van der Waals surface area contributed by atoms with Crippen LogP contribution >= 0.6 is 15.9 Å². The van der Waals surface area contributed by atoms with Crippen molar-refractivity contribution >= 4 is 22.0 Å². The molecule has 1 rings (SSSR count). The number of rotatable bonds is 2. The summed E-state index contributed by atoms with van der Waals surface area (Å²) in [7, 11) is 0. The third-order valence-electron chi connectivity index (χ3n) is 1.81. The SMILES string of the molecule is O=C(O)NCc1ccc(Br)cc1C(F)(F)F. The molecule has 0 aliphatic carbocycles. The van der Waals surface area contributed by atoms with Crippen molar-refractivity contribution in [3.05, 3.63) is 33.8 Å². The molecule has 0 unspecified atom stereocenters. The topological polar surface area (TPSA) is 49.3 Å². The molecule has 0 spiro atoms. The van der Waals surface area contributed by atoms with Crippen LogP contribution in [0.4, 0.5) is 18.0 Å². The van der Waals surface area contributed by atoms with Gasteiger partial charge in [-0.05, 0) is 17.7 Å². The maximum atomic E-state index is 12.6. The first kappa shape index (κ1) is 12.8. The Kier molecular flexibility index (Phi) is 3.79. The molecule has 0 bridgehead atoms. The Balaban J connectivity index is 3.03. The lowest BCUT2D eigenvalue weighted by Gasteiger charge is -2.13. The number of alkyl halides is 3. The van der Waals surface area contributed by atoms with E-state index in [1.165, 1.54) is 12.1 Å². The van der Waals surface area contributed by atoms with Crippen LogP contribution in [0.2, 0.25) is 0 Å². The Morgan fingerprint density at radius 3 is 2.56 bits per heavy atom. The van der Waals surface area contributed by atoms with Gasteiger partial charge >= 0.3 is 12.3 Å². The summed E-state index contributed by atoms with van der Waals surface area (Å²) < 4.78 is 38.0. The minimum absolute atomic E-state index is 0.113. The van der Waals surface area contributed by atoms with Gasteiger partial charge in [-0.1, -0.05) is 22.0 Å². The lowest BCUT2D eigenvalue weighted by atomic mass is 10.1. The van der Waals surface area contributed by atoms with Crippen LogP contribution in [-0.4, -0.2) is 11.2 Å². The molecule has 0 aliphatic heterocycles. The number of carboxylic acid groups (broad SMARTS) is 1. The zero-order chi connectivity index (χ0) is 12.3. The van der Waals surface area contributed by atoms with Crippen LogP contribution in [-0.2, 0) is 12.7 Å². The summed E-state index contributed by atoms with van der Waals surface area (Å²) in [4.78, 5) is 10.2. The summed E-state index contributed by atoms with van der Waals surface area (Å²) in [5, 5.41) is 10.2. The Hall–Kier alpha value is -1.24. The van der Waals surface area contributed by atoms with Gasteiger partial charge in [0.1, 0.15) is 0 Å². The monoisotopic (exact) mass is 297 g/mol. The highest BCUT2D eigenvalue weighted by atomic mass is 79.9. The second-order valence-electron chi connectivity index (χ2n) is 2.96. The molecule has 0 saturated heterocycles. The van der Waals surface area contributed by atoms with E-state index in [0.29, 0.717) is 4.47 Å². The van der Waals surface area contributed by atoms with E-state index in [0.717, 1.165) is 6.07 Å². The molecular formula is C9H7BrF3NO2. The summed E-state index contributed by atoms with van der Waals surface area (Å²) >= 11 is 2.93. The third kappa shape index (κ3) is 3.41. The summed E-state index contributed by atoms with van der Waals surface area (Å²) in [5.41, 5.74) is -0.964. The van der Waals surface area contributed by atoms with E-state index in [4.69, 9.17) is 5.11 Å². The highest BCUT2D eigenvalue weighted by molar-refractivity contribution is 9.10. The zero-order valence-corrected chi connectivity index (χ0v) is 9.39. The van der Waals surface area contributed by atoms with E-state index in [1.54, 1.807) is 0 Å². The fraction of sp³-hybridized carbons (Fsp3) is 0.222. The predicted octanol–water partition coefficient (Wildman–Crippen LogP) is 3.24. The number of benzene rings is 1. The van der Waals surface area contributed by atoms with Gasteiger partial charge < -0.3 is 10.4 Å². The van der Waals surface area contributed by atoms with Gasteiger partial charge in [-0.3, -0.25) is 0 Å². The summed E-state index contributed by atoms with van der Waals surface area (Å²) in [6.45, 7) is -0.378. The molecule has 1 amide bonds. The number of hydrogen-bond acceptors (Lipinski definition) is 1. The second kappa shape index (κ2) is 4.73. The molecule has 0 radical (unpaired) electrons. The average Bonchev–Trinajstić information content (AvgIpc) is 2.14. The first-order valence-corrected chi connectivity index (χ1v) is 4.92. The molecule has 0 aliphatic rings. The van der Waals surface area contributed by atoms with E-state index in [2.05, 4.69) is 15.9 Å². The van der Waals surface area contributed by atoms with Crippen LogP contribution in [0.25, 0.3) is 0 Å². The molecule has 1 aromatic rings. The molecule has 0 saturated carbocycles. The third-order valence-corrected chi connectivity index (χ3v) is 2.30. The quantitative estimate of drug-likeness (QED) is 0.880. The van der Waals surface area contributed by atoms with E-state index in [-0.39, 0.29) is 12.1 Å². The summed E-state index contributed by atoms with van der Waals surface area (Å²) in [6.07, 6.45) is -5.87. The highest BCUT2D eigenvalue weighted by Crippen LogP contribution is 2.33. The number of nitrogens with one attached hydrogen (secondary N) is 1. The van der Waals surface area contributed by atoms with Gasteiger partial charge in [0, 0.05) is 11.0 Å². The Bertz CT molecular complexity index is 406. The molecule has 0 aromatic heterocycles. The number of carbonyl (C=O) groups is 1. The van der Waals surface area contributed by atoms with Gasteiger partial charge in [-0.25, -0.2) is 4.79 Å². The Labute approximate surface area is 97.4 Å². The van der Waals surface area contributed by atoms with Gasteiger partial charge in [-0.15, -0.1) is 0 Å². The van der Waals surface area contributed by atoms with Crippen molar-refractivity contribution in [1.29, 1.82) is 0 Å². The van der Waals surface area contributed by atoms with Crippen LogP contribution in [0.1, 0.15) is 11.1 Å². The first-order chi connectivity index (χ1) is 7.30. The molecule has 0 heterocycles. The van der Waals surface area contributed by atoms with E-state index in [1.807, 2.05) is 5.32 Å². The van der Waals surface area contributed by atoms with Gasteiger partial charge in [0.25, 0.3) is 0 Å². The lowest BCUT2D eigenvalue weighted by Crippen LogP contribution is -2.22. The van der Waals surface area contributed by atoms with Crippen molar-refractivity contribution in [3.8, 4) is 0 Å². The standard InChI is InChI=1S/C9H7BrF3NO2/c10-6-2-1-5(4-14-8(15)16)7(3-6)9(11,12)13/h1-3,14H,4H2,(H,15,16). The van der Waals surface area contributed by atoms with Crippen LogP contribution in [0.15, 0.2) is 22.7 Å². The minimum Gasteiger partial charge on any atom is -0.465 e. The average molecular weight is 298 g/mol. The smallest absolute Gasteiger partial charge is 0.416 e. The van der Waals surface area contributed by atoms with E-state index >= 15 is 0 Å². The maximum absolute atomic E-state index is 12.6. The van der Waals surface area contributed by atoms with Crippen molar-refractivity contribution in [3.63, 3.8) is 0 Å². The van der Waals surface area contributed by atoms with E-state index in [9.17, 15) is 18.0 Å².